The van der Waals surface area contributed by atoms with E-state index in [9.17, 15) is 4.79 Å². The highest BCUT2D eigenvalue weighted by atomic mass is 16.5. The maximum atomic E-state index is 11.3. The second-order valence-electron chi connectivity index (χ2n) is 4.10. The van der Waals surface area contributed by atoms with E-state index >= 15 is 0 Å². The van der Waals surface area contributed by atoms with Gasteiger partial charge >= 0.3 is 5.97 Å². The molecular weight excluding hydrogens is 250 g/mol. The molecule has 0 atom stereocenters. The number of anilines is 1. The third-order valence-electron chi connectivity index (χ3n) is 2.19. The Labute approximate surface area is 112 Å². The second-order valence-corrected chi connectivity index (χ2v) is 4.10. The molecule has 0 saturated carbocycles. The molecule has 0 aliphatic rings. The van der Waals surface area contributed by atoms with E-state index in [0.29, 0.717) is 32.4 Å². The summed E-state index contributed by atoms with van der Waals surface area (Å²) in [6.07, 6.45) is 1.27. The van der Waals surface area contributed by atoms with E-state index in [-0.39, 0.29) is 5.69 Å². The van der Waals surface area contributed by atoms with Gasteiger partial charge in [0.1, 0.15) is 6.26 Å². The van der Waals surface area contributed by atoms with Crippen molar-refractivity contribution in [1.82, 2.24) is 9.88 Å². The fraction of sp³-hybridized carbons (Fsp3) is 0.667. The summed E-state index contributed by atoms with van der Waals surface area (Å²) in [6.45, 7) is 4.72. The number of likely N-dealkylation sites (N-methyl/N-ethyl adjacent to an activating group) is 1. The van der Waals surface area contributed by atoms with Gasteiger partial charge in [-0.05, 0) is 21.0 Å². The first kappa shape index (κ1) is 15.5. The summed E-state index contributed by atoms with van der Waals surface area (Å²) in [4.78, 5) is 17.3. The molecule has 19 heavy (non-hydrogen) atoms. The van der Waals surface area contributed by atoms with Crippen LogP contribution in [0.5, 0.6) is 0 Å². The maximum absolute atomic E-state index is 11.3. The third-order valence-corrected chi connectivity index (χ3v) is 2.19. The van der Waals surface area contributed by atoms with E-state index in [1.165, 1.54) is 6.26 Å². The fourth-order valence-corrected chi connectivity index (χ4v) is 1.23. The Kier molecular flexibility index (Phi) is 6.91. The molecule has 0 aliphatic heterocycles. The van der Waals surface area contributed by atoms with Crippen LogP contribution >= 0.6 is 0 Å². The molecule has 0 unspecified atom stereocenters. The monoisotopic (exact) mass is 271 g/mol. The molecule has 1 N–H and O–H groups in total. The van der Waals surface area contributed by atoms with Crippen LogP contribution in [0.4, 0.5) is 6.01 Å². The van der Waals surface area contributed by atoms with Gasteiger partial charge in [-0.3, -0.25) is 0 Å². The van der Waals surface area contributed by atoms with Crippen LogP contribution in [0.1, 0.15) is 17.4 Å². The number of nitrogens with one attached hydrogen (secondary N) is 1. The van der Waals surface area contributed by atoms with Crippen LogP contribution in [-0.2, 0) is 9.47 Å². The van der Waals surface area contributed by atoms with Gasteiger partial charge in [-0.15, -0.1) is 0 Å². The molecule has 0 radical (unpaired) electrons. The summed E-state index contributed by atoms with van der Waals surface area (Å²) in [5.41, 5.74) is 0.165. The SMILES string of the molecule is CCOC(=O)c1coc(NCCOCCN(C)C)n1. The van der Waals surface area contributed by atoms with Crippen molar-refractivity contribution in [3.8, 4) is 0 Å². The van der Waals surface area contributed by atoms with Crippen molar-refractivity contribution in [2.75, 3.05) is 52.3 Å². The molecule has 0 fully saturated rings. The van der Waals surface area contributed by atoms with Gasteiger partial charge in [-0.1, -0.05) is 0 Å². The summed E-state index contributed by atoms with van der Waals surface area (Å²) in [5, 5.41) is 2.93. The maximum Gasteiger partial charge on any atom is 0.360 e. The van der Waals surface area contributed by atoms with Gasteiger partial charge in [0.05, 0.1) is 19.8 Å². The summed E-state index contributed by atoms with van der Waals surface area (Å²) in [6, 6.07) is 0.291. The van der Waals surface area contributed by atoms with Gasteiger partial charge in [0.15, 0.2) is 5.69 Å². The van der Waals surface area contributed by atoms with Crippen LogP contribution in [0, 0.1) is 0 Å². The minimum absolute atomic E-state index is 0.165. The summed E-state index contributed by atoms with van der Waals surface area (Å²) in [7, 11) is 3.98. The Morgan fingerprint density at radius 3 is 2.95 bits per heavy atom. The lowest BCUT2D eigenvalue weighted by Crippen LogP contribution is -2.20. The van der Waals surface area contributed by atoms with Crippen LogP contribution in [0.25, 0.3) is 0 Å². The Hall–Kier alpha value is -1.60. The van der Waals surface area contributed by atoms with Crippen LogP contribution < -0.4 is 5.32 Å². The number of nitrogens with zero attached hydrogens (tertiary/aromatic N) is 2. The molecule has 0 saturated heterocycles. The van der Waals surface area contributed by atoms with Gasteiger partial charge in [-0.2, -0.15) is 4.98 Å². The molecule has 1 rings (SSSR count). The van der Waals surface area contributed by atoms with Gasteiger partial charge in [-0.25, -0.2) is 4.79 Å². The predicted molar refractivity (Wildman–Crippen MR) is 70.3 cm³/mol. The number of hydrogen-bond acceptors (Lipinski definition) is 7. The molecule has 1 aromatic heterocycles. The standard InChI is InChI=1S/C12H21N3O4/c1-4-18-11(16)10-9-19-12(14-10)13-5-7-17-8-6-15(2)3/h9H,4-8H2,1-3H3,(H,13,14). The number of carbonyl (C=O) groups is 1. The molecule has 1 aromatic rings. The van der Waals surface area contributed by atoms with Crippen LogP contribution in [-0.4, -0.2) is 62.9 Å². The zero-order valence-electron chi connectivity index (χ0n) is 11.6. The molecule has 0 spiro atoms. The molecule has 7 nitrogen and oxygen atoms in total. The van der Waals surface area contributed by atoms with E-state index < -0.39 is 5.97 Å². The van der Waals surface area contributed by atoms with Crippen molar-refractivity contribution in [3.63, 3.8) is 0 Å². The zero-order chi connectivity index (χ0) is 14.1. The van der Waals surface area contributed by atoms with Gasteiger partial charge in [0.2, 0.25) is 0 Å². The molecule has 0 aromatic carbocycles. The summed E-state index contributed by atoms with van der Waals surface area (Å²) >= 11 is 0. The number of esters is 1. The Morgan fingerprint density at radius 2 is 2.26 bits per heavy atom. The van der Waals surface area contributed by atoms with E-state index in [0.717, 1.165) is 6.54 Å². The molecule has 108 valence electrons. The number of ether oxygens (including phenoxy) is 2. The molecule has 0 amide bonds. The largest absolute Gasteiger partial charge is 0.461 e. The predicted octanol–water partition coefficient (Wildman–Crippen LogP) is 0.841. The van der Waals surface area contributed by atoms with Crippen molar-refractivity contribution in [2.45, 2.75) is 6.92 Å². The molecule has 7 heteroatoms. The Morgan fingerprint density at radius 1 is 1.47 bits per heavy atom. The number of aromatic nitrogens is 1. The quantitative estimate of drug-likeness (QED) is 0.527. The lowest BCUT2D eigenvalue weighted by Gasteiger charge is -2.09. The highest BCUT2D eigenvalue weighted by Gasteiger charge is 2.12. The first-order valence-electron chi connectivity index (χ1n) is 6.22. The molecule has 0 bridgehead atoms. The summed E-state index contributed by atoms with van der Waals surface area (Å²) < 4.78 is 15.3. The van der Waals surface area contributed by atoms with Crippen molar-refractivity contribution in [3.05, 3.63) is 12.0 Å². The van der Waals surface area contributed by atoms with E-state index in [4.69, 9.17) is 13.9 Å². The van der Waals surface area contributed by atoms with Crippen LogP contribution in [0.3, 0.4) is 0 Å². The van der Waals surface area contributed by atoms with Crippen molar-refractivity contribution < 1.29 is 18.7 Å². The number of rotatable bonds is 9. The van der Waals surface area contributed by atoms with Crippen molar-refractivity contribution in [2.24, 2.45) is 0 Å². The normalized spacial score (nSPS) is 10.7. The molecule has 1 heterocycles. The van der Waals surface area contributed by atoms with E-state index in [1.807, 2.05) is 19.0 Å². The molecule has 0 aliphatic carbocycles. The number of hydrogen-bond donors (Lipinski definition) is 1. The highest BCUT2D eigenvalue weighted by Crippen LogP contribution is 2.08. The number of oxazole rings is 1. The zero-order valence-corrected chi connectivity index (χ0v) is 11.6. The Balaban J connectivity index is 2.18. The molecular formula is C12H21N3O4. The average Bonchev–Trinajstić information content (AvgIpc) is 2.82. The lowest BCUT2D eigenvalue weighted by molar-refractivity contribution is 0.0519. The first-order chi connectivity index (χ1) is 9.13. The van der Waals surface area contributed by atoms with Crippen molar-refractivity contribution in [1.29, 1.82) is 0 Å². The van der Waals surface area contributed by atoms with Crippen molar-refractivity contribution >= 4 is 12.0 Å². The lowest BCUT2D eigenvalue weighted by atomic mass is 10.5. The topological polar surface area (TPSA) is 76.8 Å². The second kappa shape index (κ2) is 8.49. The number of carbonyl (C=O) groups excluding carboxylic acids is 1. The average molecular weight is 271 g/mol. The summed E-state index contributed by atoms with van der Waals surface area (Å²) in [5.74, 6) is -0.485. The highest BCUT2D eigenvalue weighted by molar-refractivity contribution is 5.87. The fourth-order valence-electron chi connectivity index (χ4n) is 1.23. The van der Waals surface area contributed by atoms with Gasteiger partial charge in [0.25, 0.3) is 6.01 Å². The smallest absolute Gasteiger partial charge is 0.360 e. The Bertz CT molecular complexity index is 379. The van der Waals surface area contributed by atoms with Gasteiger partial charge in [0, 0.05) is 13.1 Å². The minimum atomic E-state index is -0.485. The van der Waals surface area contributed by atoms with Crippen LogP contribution in [0.2, 0.25) is 0 Å². The van der Waals surface area contributed by atoms with E-state index in [2.05, 4.69) is 10.3 Å². The first-order valence-corrected chi connectivity index (χ1v) is 6.22. The minimum Gasteiger partial charge on any atom is -0.461 e. The van der Waals surface area contributed by atoms with Gasteiger partial charge < -0.3 is 24.1 Å². The van der Waals surface area contributed by atoms with Crippen LogP contribution in [0.15, 0.2) is 10.7 Å². The third kappa shape index (κ3) is 6.21. The van der Waals surface area contributed by atoms with E-state index in [1.54, 1.807) is 6.92 Å².